The molecule has 0 radical (unpaired) electrons. The van der Waals surface area contributed by atoms with Gasteiger partial charge in [-0.3, -0.25) is 0 Å². The van der Waals surface area contributed by atoms with Crippen molar-refractivity contribution in [1.82, 2.24) is 0 Å². The fourth-order valence-electron chi connectivity index (χ4n) is 1.54. The maximum Gasteiger partial charge on any atom is 0.183 e. The topological polar surface area (TPSA) is 38.0 Å². The van der Waals surface area contributed by atoms with E-state index in [9.17, 15) is 8.78 Å². The first kappa shape index (κ1) is 13.3. The molecule has 0 amide bonds. The molecule has 1 aromatic carbocycles. The Morgan fingerprint density at radius 1 is 1.22 bits per heavy atom. The minimum absolute atomic E-state index is 0.0330. The number of nitrogen functional groups attached to an aromatic ring is 1. The molecule has 1 aromatic heterocycles. The van der Waals surface area contributed by atoms with Crippen molar-refractivity contribution in [3.8, 4) is 0 Å². The van der Waals surface area contributed by atoms with Crippen molar-refractivity contribution >= 4 is 38.6 Å². The first-order chi connectivity index (χ1) is 8.58. The molecule has 0 bridgehead atoms. The molecule has 96 valence electrons. The Kier molecular flexibility index (Phi) is 4.19. The lowest BCUT2D eigenvalue weighted by molar-refractivity contribution is 0.511. The van der Waals surface area contributed by atoms with Crippen LogP contribution in [0.15, 0.2) is 28.1 Å². The maximum absolute atomic E-state index is 13.5. The predicted octanol–water partition coefficient (Wildman–Crippen LogP) is 4.03. The minimum atomic E-state index is -0.928. The summed E-state index contributed by atoms with van der Waals surface area (Å²) < 4.78 is 27.6. The maximum atomic E-state index is 13.5. The number of hydrogen-bond donors (Lipinski definition) is 2. The van der Waals surface area contributed by atoms with Gasteiger partial charge in [-0.25, -0.2) is 8.78 Å². The number of nitrogens with one attached hydrogen (secondary N) is 1. The average Bonchev–Trinajstić information content (AvgIpc) is 2.74. The van der Waals surface area contributed by atoms with E-state index in [0.717, 1.165) is 21.2 Å². The Labute approximate surface area is 116 Å². The molecule has 0 aliphatic carbocycles. The number of anilines is 2. The zero-order valence-corrected chi connectivity index (χ0v) is 11.7. The summed E-state index contributed by atoms with van der Waals surface area (Å²) >= 11 is 4.98. The smallest absolute Gasteiger partial charge is 0.183 e. The van der Waals surface area contributed by atoms with E-state index < -0.39 is 11.6 Å². The molecule has 2 nitrogen and oxygen atoms in total. The van der Waals surface area contributed by atoms with Gasteiger partial charge in [-0.1, -0.05) is 0 Å². The van der Waals surface area contributed by atoms with Crippen molar-refractivity contribution in [1.29, 1.82) is 0 Å². The van der Waals surface area contributed by atoms with Crippen LogP contribution in [-0.4, -0.2) is 6.54 Å². The van der Waals surface area contributed by atoms with Crippen molar-refractivity contribution in [3.63, 3.8) is 0 Å². The zero-order valence-electron chi connectivity index (χ0n) is 9.34. The standard InChI is InChI=1S/C12H11BrF2N2S/c13-10-4-1-7(18-10)5-6-17-12-9(16)3-2-8(14)11(12)15/h1-4,17H,5-6,16H2. The Hall–Kier alpha value is -1.14. The summed E-state index contributed by atoms with van der Waals surface area (Å²) in [6, 6.07) is 6.31. The van der Waals surface area contributed by atoms with E-state index in [1.807, 2.05) is 12.1 Å². The highest BCUT2D eigenvalue weighted by atomic mass is 79.9. The molecule has 1 heterocycles. The van der Waals surface area contributed by atoms with Crippen LogP contribution in [0.1, 0.15) is 4.88 Å². The van der Waals surface area contributed by atoms with Crippen LogP contribution in [0.5, 0.6) is 0 Å². The largest absolute Gasteiger partial charge is 0.397 e. The highest BCUT2D eigenvalue weighted by Gasteiger charge is 2.11. The number of rotatable bonds is 4. The SMILES string of the molecule is Nc1ccc(F)c(F)c1NCCc1ccc(Br)s1. The number of nitrogens with two attached hydrogens (primary N) is 1. The van der Waals surface area contributed by atoms with E-state index in [2.05, 4.69) is 21.2 Å². The third-order valence-electron chi connectivity index (χ3n) is 2.43. The molecule has 0 spiro atoms. The highest BCUT2D eigenvalue weighted by Crippen LogP contribution is 2.25. The average molecular weight is 333 g/mol. The van der Waals surface area contributed by atoms with Gasteiger partial charge in [0.15, 0.2) is 11.6 Å². The summed E-state index contributed by atoms with van der Waals surface area (Å²) in [5.41, 5.74) is 5.84. The van der Waals surface area contributed by atoms with Crippen LogP contribution in [0.4, 0.5) is 20.2 Å². The quantitative estimate of drug-likeness (QED) is 0.829. The molecule has 2 aromatic rings. The van der Waals surface area contributed by atoms with Crippen LogP contribution in [-0.2, 0) is 6.42 Å². The lowest BCUT2D eigenvalue weighted by Crippen LogP contribution is -2.09. The second-order valence-corrected chi connectivity index (χ2v) is 6.26. The summed E-state index contributed by atoms with van der Waals surface area (Å²) in [5.74, 6) is -1.83. The Morgan fingerprint density at radius 3 is 2.67 bits per heavy atom. The molecular formula is C12H11BrF2N2S. The van der Waals surface area contributed by atoms with Crippen LogP contribution in [0.25, 0.3) is 0 Å². The normalized spacial score (nSPS) is 10.6. The summed E-state index contributed by atoms with van der Waals surface area (Å²) in [4.78, 5) is 1.16. The van der Waals surface area contributed by atoms with Crippen molar-refractivity contribution in [3.05, 3.63) is 44.6 Å². The summed E-state index contributed by atoms with van der Waals surface area (Å²) in [6.07, 6.45) is 0.728. The molecule has 0 atom stereocenters. The van der Waals surface area contributed by atoms with E-state index in [4.69, 9.17) is 5.73 Å². The van der Waals surface area contributed by atoms with Crippen molar-refractivity contribution in [2.24, 2.45) is 0 Å². The molecule has 0 saturated carbocycles. The first-order valence-electron chi connectivity index (χ1n) is 5.29. The lowest BCUT2D eigenvalue weighted by atomic mass is 10.2. The van der Waals surface area contributed by atoms with Gasteiger partial charge in [-0.2, -0.15) is 0 Å². The minimum Gasteiger partial charge on any atom is -0.397 e. The summed E-state index contributed by atoms with van der Waals surface area (Å²) in [7, 11) is 0. The van der Waals surface area contributed by atoms with Crippen molar-refractivity contribution in [2.45, 2.75) is 6.42 Å². The third kappa shape index (κ3) is 3.00. The molecule has 3 N–H and O–H groups in total. The van der Waals surface area contributed by atoms with Crippen LogP contribution < -0.4 is 11.1 Å². The molecule has 6 heteroatoms. The van der Waals surface area contributed by atoms with Gasteiger partial charge in [0.2, 0.25) is 0 Å². The van der Waals surface area contributed by atoms with Crippen molar-refractivity contribution in [2.75, 3.05) is 17.6 Å². The number of halogens is 3. The first-order valence-corrected chi connectivity index (χ1v) is 6.90. The third-order valence-corrected chi connectivity index (χ3v) is 4.11. The fraction of sp³-hybridized carbons (Fsp3) is 0.167. The van der Waals surface area contributed by atoms with Crippen LogP contribution in [0.3, 0.4) is 0 Å². The lowest BCUT2D eigenvalue weighted by Gasteiger charge is -2.10. The van der Waals surface area contributed by atoms with Gasteiger partial charge in [-0.05, 0) is 46.6 Å². The van der Waals surface area contributed by atoms with Gasteiger partial charge in [0.25, 0.3) is 0 Å². The Morgan fingerprint density at radius 2 is 2.00 bits per heavy atom. The second-order valence-electron chi connectivity index (χ2n) is 3.71. The highest BCUT2D eigenvalue weighted by molar-refractivity contribution is 9.11. The Balaban J connectivity index is 2.00. The van der Waals surface area contributed by atoms with Crippen LogP contribution in [0, 0.1) is 11.6 Å². The van der Waals surface area contributed by atoms with E-state index >= 15 is 0 Å². The number of benzene rings is 1. The van der Waals surface area contributed by atoms with Crippen LogP contribution >= 0.6 is 27.3 Å². The van der Waals surface area contributed by atoms with Gasteiger partial charge in [0.05, 0.1) is 15.2 Å². The second kappa shape index (κ2) is 5.67. The summed E-state index contributed by atoms with van der Waals surface area (Å²) in [6.45, 7) is 0.498. The summed E-state index contributed by atoms with van der Waals surface area (Å²) in [5, 5.41) is 2.83. The monoisotopic (exact) mass is 332 g/mol. The number of thiophene rings is 1. The molecule has 0 fully saturated rings. The van der Waals surface area contributed by atoms with E-state index in [1.54, 1.807) is 11.3 Å². The molecule has 18 heavy (non-hydrogen) atoms. The molecule has 2 rings (SSSR count). The van der Waals surface area contributed by atoms with Crippen LogP contribution in [0.2, 0.25) is 0 Å². The molecule has 0 aliphatic rings. The molecule has 0 unspecified atom stereocenters. The molecular weight excluding hydrogens is 322 g/mol. The van der Waals surface area contributed by atoms with Gasteiger partial charge < -0.3 is 11.1 Å². The van der Waals surface area contributed by atoms with E-state index in [1.165, 1.54) is 6.07 Å². The van der Waals surface area contributed by atoms with Gasteiger partial charge in [0, 0.05) is 11.4 Å². The van der Waals surface area contributed by atoms with Gasteiger partial charge >= 0.3 is 0 Å². The zero-order chi connectivity index (χ0) is 13.1. The number of hydrogen-bond acceptors (Lipinski definition) is 3. The fourth-order valence-corrected chi connectivity index (χ4v) is 3.02. The Bertz CT molecular complexity index is 557. The molecule has 0 saturated heterocycles. The van der Waals surface area contributed by atoms with Gasteiger partial charge in [-0.15, -0.1) is 11.3 Å². The van der Waals surface area contributed by atoms with Gasteiger partial charge in [0.1, 0.15) is 0 Å². The predicted molar refractivity (Wildman–Crippen MR) is 75.0 cm³/mol. The van der Waals surface area contributed by atoms with E-state index in [-0.39, 0.29) is 11.4 Å². The van der Waals surface area contributed by atoms with E-state index in [0.29, 0.717) is 6.54 Å². The molecule has 0 aliphatic heterocycles. The van der Waals surface area contributed by atoms with Crippen molar-refractivity contribution < 1.29 is 8.78 Å².